The van der Waals surface area contributed by atoms with Gasteiger partial charge in [0.2, 0.25) is 9.84 Å². The summed E-state index contributed by atoms with van der Waals surface area (Å²) >= 11 is 9.24. The molecule has 180 valence electrons. The second-order valence-electron chi connectivity index (χ2n) is 7.28. The maximum Gasteiger partial charge on any atom is 0.276 e. The normalized spacial score (nSPS) is 11.2. The van der Waals surface area contributed by atoms with Gasteiger partial charge < -0.3 is 14.8 Å². The third-order valence-electron chi connectivity index (χ3n) is 4.86. The third-order valence-corrected chi connectivity index (χ3v) is 7.39. The minimum Gasteiger partial charge on any atom is -0.497 e. The summed E-state index contributed by atoms with van der Waals surface area (Å²) in [5.74, 6) is 0.403. The molecule has 0 spiro atoms. The van der Waals surface area contributed by atoms with Crippen LogP contribution in [0.25, 0.3) is 0 Å². The number of rotatable bonds is 8. The number of ether oxygens (including phenoxy) is 2. The van der Waals surface area contributed by atoms with Gasteiger partial charge in [-0.1, -0.05) is 27.5 Å². The molecule has 0 saturated heterocycles. The predicted octanol–water partition coefficient (Wildman–Crippen LogP) is 5.43. The molecule has 0 atom stereocenters. The maximum absolute atomic E-state index is 13.1. The lowest BCUT2D eigenvalue weighted by Crippen LogP contribution is -2.15. The van der Waals surface area contributed by atoms with Crippen molar-refractivity contribution >= 4 is 49.0 Å². The molecule has 35 heavy (non-hydrogen) atoms. The van der Waals surface area contributed by atoms with Crippen molar-refractivity contribution in [1.82, 2.24) is 9.78 Å². The molecular formula is C24H19BrClN3O5S. The summed E-state index contributed by atoms with van der Waals surface area (Å²) in [6.45, 7) is 0.109. The summed E-state index contributed by atoms with van der Waals surface area (Å²) in [5.41, 5.74) is 0.372. The van der Waals surface area contributed by atoms with E-state index in [-0.39, 0.29) is 33.7 Å². The number of carbonyl (C=O) groups is 1. The van der Waals surface area contributed by atoms with Gasteiger partial charge in [-0.3, -0.25) is 4.79 Å². The monoisotopic (exact) mass is 575 g/mol. The zero-order valence-electron chi connectivity index (χ0n) is 18.3. The first-order chi connectivity index (χ1) is 16.7. The largest absolute Gasteiger partial charge is 0.497 e. The lowest BCUT2D eigenvalue weighted by molar-refractivity contribution is 0.102. The molecule has 0 fully saturated rings. The topological polar surface area (TPSA) is 99.5 Å². The smallest absolute Gasteiger partial charge is 0.276 e. The average molecular weight is 577 g/mol. The van der Waals surface area contributed by atoms with Gasteiger partial charge >= 0.3 is 0 Å². The van der Waals surface area contributed by atoms with Crippen LogP contribution in [-0.4, -0.2) is 31.2 Å². The molecule has 4 rings (SSSR count). The fraction of sp³-hybridized carbons (Fsp3) is 0.0833. The molecule has 0 bridgehead atoms. The van der Waals surface area contributed by atoms with Crippen LogP contribution in [0.2, 0.25) is 5.02 Å². The van der Waals surface area contributed by atoms with Gasteiger partial charge in [0.1, 0.15) is 11.5 Å². The van der Waals surface area contributed by atoms with Crippen LogP contribution in [0.3, 0.4) is 0 Å². The van der Waals surface area contributed by atoms with Crippen molar-refractivity contribution in [3.05, 3.63) is 94.2 Å². The van der Waals surface area contributed by atoms with Crippen LogP contribution in [0.4, 0.5) is 5.69 Å². The minimum absolute atomic E-state index is 0.0390. The van der Waals surface area contributed by atoms with Gasteiger partial charge in [0.05, 0.1) is 16.9 Å². The standard InChI is InChI=1S/C24H19BrClN3O5S/c1-33-20-12-18(13-22(14-20)35(31,32)21-8-4-17(26)5-9-21)27-24(30)23-10-11-29(28-23)15-34-19-6-2-16(25)3-7-19/h2-14H,15H2,1H3,(H,27,30). The van der Waals surface area contributed by atoms with Crippen molar-refractivity contribution in [3.8, 4) is 11.5 Å². The molecule has 0 unspecified atom stereocenters. The molecule has 0 saturated carbocycles. The summed E-state index contributed by atoms with van der Waals surface area (Å²) < 4.78 is 39.5. The third kappa shape index (κ3) is 6.02. The highest BCUT2D eigenvalue weighted by molar-refractivity contribution is 9.10. The number of anilines is 1. The van der Waals surface area contributed by atoms with Crippen LogP contribution in [0.5, 0.6) is 11.5 Å². The highest BCUT2D eigenvalue weighted by Gasteiger charge is 2.20. The first-order valence-electron chi connectivity index (χ1n) is 10.2. The van der Waals surface area contributed by atoms with E-state index in [0.717, 1.165) is 4.47 Å². The van der Waals surface area contributed by atoms with Crippen LogP contribution in [0.15, 0.2) is 93.3 Å². The Bertz CT molecular complexity index is 1460. The molecule has 1 aromatic heterocycles. The molecule has 1 amide bonds. The number of aromatic nitrogens is 2. The summed E-state index contributed by atoms with van der Waals surface area (Å²) in [6, 6.07) is 18.9. The van der Waals surface area contributed by atoms with E-state index in [1.54, 1.807) is 18.3 Å². The number of hydrogen-bond donors (Lipinski definition) is 1. The number of carbonyl (C=O) groups excluding carboxylic acids is 1. The zero-order chi connectivity index (χ0) is 25.0. The van der Waals surface area contributed by atoms with Crippen LogP contribution in [0.1, 0.15) is 10.5 Å². The number of benzene rings is 3. The number of nitrogens with zero attached hydrogens (tertiary/aromatic N) is 2. The molecular weight excluding hydrogens is 558 g/mol. The number of halogens is 2. The SMILES string of the molecule is COc1cc(NC(=O)c2ccn(COc3ccc(Br)cc3)n2)cc(S(=O)(=O)c2ccc(Cl)cc2)c1. The van der Waals surface area contributed by atoms with E-state index in [0.29, 0.717) is 10.8 Å². The van der Waals surface area contributed by atoms with Crippen molar-refractivity contribution in [2.75, 3.05) is 12.4 Å². The predicted molar refractivity (Wildman–Crippen MR) is 135 cm³/mol. The lowest BCUT2D eigenvalue weighted by atomic mass is 10.3. The summed E-state index contributed by atoms with van der Waals surface area (Å²) in [4.78, 5) is 12.8. The average Bonchev–Trinajstić information content (AvgIpc) is 3.33. The van der Waals surface area contributed by atoms with Gasteiger partial charge in [-0.05, 0) is 66.7 Å². The van der Waals surface area contributed by atoms with Gasteiger partial charge in [-0.2, -0.15) is 5.10 Å². The molecule has 0 radical (unpaired) electrons. The van der Waals surface area contributed by atoms with Gasteiger partial charge in [-0.25, -0.2) is 13.1 Å². The Morgan fingerprint density at radius 2 is 1.71 bits per heavy atom. The highest BCUT2D eigenvalue weighted by atomic mass is 79.9. The van der Waals surface area contributed by atoms with Crippen LogP contribution < -0.4 is 14.8 Å². The van der Waals surface area contributed by atoms with Gasteiger partial charge in [0.25, 0.3) is 5.91 Å². The van der Waals surface area contributed by atoms with E-state index < -0.39 is 15.7 Å². The van der Waals surface area contributed by atoms with E-state index in [1.165, 1.54) is 60.3 Å². The quantitative estimate of drug-likeness (QED) is 0.300. The molecule has 3 aromatic carbocycles. The Morgan fingerprint density at radius 3 is 2.40 bits per heavy atom. The Balaban J connectivity index is 1.50. The second-order valence-corrected chi connectivity index (χ2v) is 10.6. The Hall–Kier alpha value is -3.34. The van der Waals surface area contributed by atoms with E-state index in [9.17, 15) is 13.2 Å². The molecule has 8 nitrogen and oxygen atoms in total. The Labute approximate surface area is 215 Å². The molecule has 1 heterocycles. The zero-order valence-corrected chi connectivity index (χ0v) is 21.5. The second kappa shape index (κ2) is 10.5. The van der Waals surface area contributed by atoms with Crippen molar-refractivity contribution in [3.63, 3.8) is 0 Å². The Kier molecular flexibility index (Phi) is 7.44. The number of amides is 1. The number of methoxy groups -OCH3 is 1. The fourth-order valence-corrected chi connectivity index (χ4v) is 4.80. The van der Waals surface area contributed by atoms with Crippen molar-refractivity contribution in [2.24, 2.45) is 0 Å². The van der Waals surface area contributed by atoms with Gasteiger partial charge in [0, 0.05) is 27.4 Å². The maximum atomic E-state index is 13.1. The summed E-state index contributed by atoms with van der Waals surface area (Å²) in [7, 11) is -2.46. The summed E-state index contributed by atoms with van der Waals surface area (Å²) in [5, 5.41) is 7.31. The number of hydrogen-bond acceptors (Lipinski definition) is 6. The first kappa shape index (κ1) is 24.8. The van der Waals surface area contributed by atoms with Crippen LogP contribution in [0, 0.1) is 0 Å². The molecule has 0 aliphatic carbocycles. The lowest BCUT2D eigenvalue weighted by Gasteiger charge is -2.11. The van der Waals surface area contributed by atoms with Crippen LogP contribution in [-0.2, 0) is 16.6 Å². The molecule has 0 aliphatic heterocycles. The molecule has 0 aliphatic rings. The van der Waals surface area contributed by atoms with E-state index in [1.807, 2.05) is 12.1 Å². The van der Waals surface area contributed by atoms with Gasteiger partial charge in [-0.15, -0.1) is 0 Å². The van der Waals surface area contributed by atoms with Crippen molar-refractivity contribution in [2.45, 2.75) is 16.5 Å². The van der Waals surface area contributed by atoms with Crippen LogP contribution >= 0.6 is 27.5 Å². The molecule has 1 N–H and O–H groups in total. The van der Waals surface area contributed by atoms with Gasteiger partial charge in [0.15, 0.2) is 12.4 Å². The van der Waals surface area contributed by atoms with E-state index in [4.69, 9.17) is 21.1 Å². The summed E-state index contributed by atoms with van der Waals surface area (Å²) in [6.07, 6.45) is 1.61. The first-order valence-corrected chi connectivity index (χ1v) is 12.8. The molecule has 11 heteroatoms. The van der Waals surface area contributed by atoms with Crippen molar-refractivity contribution in [1.29, 1.82) is 0 Å². The molecule has 4 aromatic rings. The number of nitrogens with one attached hydrogen (secondary N) is 1. The van der Waals surface area contributed by atoms with E-state index >= 15 is 0 Å². The highest BCUT2D eigenvalue weighted by Crippen LogP contribution is 2.29. The van der Waals surface area contributed by atoms with E-state index in [2.05, 4.69) is 26.3 Å². The fourth-order valence-electron chi connectivity index (χ4n) is 3.09. The number of sulfone groups is 1. The minimum atomic E-state index is -3.87. The Morgan fingerprint density at radius 1 is 1.00 bits per heavy atom. The van der Waals surface area contributed by atoms with Crippen molar-refractivity contribution < 1.29 is 22.7 Å².